The van der Waals surface area contributed by atoms with Gasteiger partial charge in [0.15, 0.2) is 0 Å². The number of aliphatic hydroxyl groups excluding tert-OH is 3. The summed E-state index contributed by atoms with van der Waals surface area (Å²) in [6, 6.07) is 12.8. The van der Waals surface area contributed by atoms with E-state index >= 15 is 0 Å². The van der Waals surface area contributed by atoms with Crippen LogP contribution in [0.15, 0.2) is 42.5 Å². The van der Waals surface area contributed by atoms with Crippen molar-refractivity contribution in [1.82, 2.24) is 0 Å². The third kappa shape index (κ3) is 5.08. The summed E-state index contributed by atoms with van der Waals surface area (Å²) < 4.78 is 24.3. The molecule has 3 rings (SSSR count). The molecule has 0 radical (unpaired) electrons. The van der Waals surface area contributed by atoms with E-state index in [1.54, 1.807) is 18.2 Å². The highest BCUT2D eigenvalue weighted by molar-refractivity contribution is 6.31. The highest BCUT2D eigenvalue weighted by Crippen LogP contribution is 2.34. The zero-order valence-electron chi connectivity index (χ0n) is 16.3. The largest absolute Gasteiger partial charge is 0.491 e. The molecule has 0 saturated carbocycles. The minimum Gasteiger partial charge on any atom is -0.491 e. The van der Waals surface area contributed by atoms with Gasteiger partial charge in [-0.05, 0) is 55.2 Å². The van der Waals surface area contributed by atoms with Gasteiger partial charge in [0.2, 0.25) is 0 Å². The van der Waals surface area contributed by atoms with Gasteiger partial charge in [0.05, 0.1) is 6.10 Å². The van der Waals surface area contributed by atoms with Crippen molar-refractivity contribution in [3.05, 3.63) is 64.2 Å². The second kappa shape index (κ2) is 9.41. The maximum Gasteiger partial charge on any atom is 0.119 e. The maximum atomic E-state index is 13.2. The molecule has 1 saturated heterocycles. The van der Waals surface area contributed by atoms with Gasteiger partial charge in [0.25, 0.3) is 0 Å². The number of alkyl halides is 1. The summed E-state index contributed by atoms with van der Waals surface area (Å²) in [6.45, 7) is 2.96. The summed E-state index contributed by atoms with van der Waals surface area (Å²) in [6.07, 6.45) is -5.90. The van der Waals surface area contributed by atoms with Crippen molar-refractivity contribution in [2.75, 3.05) is 6.67 Å². The summed E-state index contributed by atoms with van der Waals surface area (Å²) >= 11 is 6.35. The lowest BCUT2D eigenvalue weighted by molar-refractivity contribution is -0.227. The first-order valence-corrected chi connectivity index (χ1v) is 9.97. The topological polar surface area (TPSA) is 79.2 Å². The molecule has 29 heavy (non-hydrogen) atoms. The van der Waals surface area contributed by atoms with E-state index in [9.17, 15) is 19.7 Å². The van der Waals surface area contributed by atoms with Gasteiger partial charge in [0.1, 0.15) is 42.9 Å². The predicted molar refractivity (Wildman–Crippen MR) is 108 cm³/mol. The molecule has 1 aliphatic rings. The first-order chi connectivity index (χ1) is 13.8. The molecule has 7 heteroatoms. The van der Waals surface area contributed by atoms with E-state index in [0.29, 0.717) is 17.0 Å². The first-order valence-electron chi connectivity index (χ1n) is 9.59. The third-order valence-electron chi connectivity index (χ3n) is 4.95. The number of ether oxygens (including phenoxy) is 2. The maximum absolute atomic E-state index is 13.2. The van der Waals surface area contributed by atoms with Crippen LogP contribution in [0.2, 0.25) is 5.02 Å². The van der Waals surface area contributed by atoms with Gasteiger partial charge in [-0.1, -0.05) is 35.9 Å². The molecular weight excluding hydrogens is 399 g/mol. The van der Waals surface area contributed by atoms with Crippen molar-refractivity contribution in [3.8, 4) is 5.75 Å². The Hall–Kier alpha value is -1.70. The van der Waals surface area contributed by atoms with Gasteiger partial charge in [-0.25, -0.2) is 4.39 Å². The van der Waals surface area contributed by atoms with Crippen LogP contribution in [0.5, 0.6) is 5.75 Å². The molecular formula is C22H26ClFO5. The van der Waals surface area contributed by atoms with Crippen LogP contribution in [-0.2, 0) is 11.2 Å². The lowest BCUT2D eigenvalue weighted by Crippen LogP contribution is -2.54. The Morgan fingerprint density at radius 1 is 1.03 bits per heavy atom. The summed E-state index contributed by atoms with van der Waals surface area (Å²) in [5, 5.41) is 30.7. The molecule has 5 nitrogen and oxygen atoms in total. The summed E-state index contributed by atoms with van der Waals surface area (Å²) in [4.78, 5) is 0. The number of hydrogen-bond donors (Lipinski definition) is 3. The second-order valence-corrected chi connectivity index (χ2v) is 7.97. The van der Waals surface area contributed by atoms with Gasteiger partial charge in [-0.15, -0.1) is 0 Å². The van der Waals surface area contributed by atoms with E-state index in [-0.39, 0.29) is 6.10 Å². The van der Waals surface area contributed by atoms with Crippen LogP contribution in [0.25, 0.3) is 0 Å². The van der Waals surface area contributed by atoms with Crippen LogP contribution in [0.3, 0.4) is 0 Å². The smallest absolute Gasteiger partial charge is 0.119 e. The molecule has 0 bridgehead atoms. The molecule has 2 aromatic rings. The fourth-order valence-electron chi connectivity index (χ4n) is 3.44. The van der Waals surface area contributed by atoms with E-state index < -0.39 is 37.2 Å². The average Bonchev–Trinajstić information content (AvgIpc) is 2.69. The van der Waals surface area contributed by atoms with Gasteiger partial charge in [-0.3, -0.25) is 0 Å². The van der Waals surface area contributed by atoms with Crippen molar-refractivity contribution < 1.29 is 29.2 Å². The minimum atomic E-state index is -1.50. The normalized spacial score (nSPS) is 27.2. The Labute approximate surface area is 174 Å². The standard InChI is InChI=1S/C22H26ClFO5/c1-12(2)28-16-6-3-13(4-7-16)9-15-10-14(5-8-17(15)23)22-21(27)20(26)19(25)18(11-24)29-22/h3-8,10,12,18-22,25-27H,9,11H2,1-2H3/t18-,19-,20?,21-,22+/m1/s1. The molecule has 2 aromatic carbocycles. The lowest BCUT2D eigenvalue weighted by Gasteiger charge is -2.40. The molecule has 1 unspecified atom stereocenters. The van der Waals surface area contributed by atoms with E-state index in [1.165, 1.54) is 0 Å². The van der Waals surface area contributed by atoms with Crippen LogP contribution < -0.4 is 4.74 Å². The van der Waals surface area contributed by atoms with E-state index in [4.69, 9.17) is 21.1 Å². The second-order valence-electron chi connectivity index (χ2n) is 7.56. The Kier molecular flexibility index (Phi) is 7.14. The van der Waals surface area contributed by atoms with Crippen molar-refractivity contribution in [1.29, 1.82) is 0 Å². The molecule has 1 aliphatic heterocycles. The van der Waals surface area contributed by atoms with Crippen LogP contribution in [0.4, 0.5) is 4.39 Å². The quantitative estimate of drug-likeness (QED) is 0.663. The van der Waals surface area contributed by atoms with E-state index in [1.807, 2.05) is 38.1 Å². The molecule has 1 heterocycles. The highest BCUT2D eigenvalue weighted by Gasteiger charge is 2.44. The fraction of sp³-hybridized carbons (Fsp3) is 0.455. The number of rotatable bonds is 6. The monoisotopic (exact) mass is 424 g/mol. The number of benzene rings is 2. The molecule has 0 aliphatic carbocycles. The van der Waals surface area contributed by atoms with Gasteiger partial charge < -0.3 is 24.8 Å². The number of halogens is 2. The Morgan fingerprint density at radius 3 is 2.34 bits per heavy atom. The fourth-order valence-corrected chi connectivity index (χ4v) is 3.62. The molecule has 1 fully saturated rings. The SMILES string of the molecule is CC(C)Oc1ccc(Cc2cc([C@@H]3O[C@H](CF)[C@@H](O)C(O)[C@H]3O)ccc2Cl)cc1. The van der Waals surface area contributed by atoms with Gasteiger partial charge in [0, 0.05) is 5.02 Å². The number of aliphatic hydroxyl groups is 3. The number of hydrogen-bond acceptors (Lipinski definition) is 5. The minimum absolute atomic E-state index is 0.0934. The molecule has 0 amide bonds. The van der Waals surface area contributed by atoms with Crippen molar-refractivity contribution in [3.63, 3.8) is 0 Å². The van der Waals surface area contributed by atoms with Gasteiger partial charge in [-0.2, -0.15) is 0 Å². The summed E-state index contributed by atoms with van der Waals surface area (Å²) in [7, 11) is 0. The third-order valence-corrected chi connectivity index (χ3v) is 5.32. The molecule has 5 atom stereocenters. The molecule has 0 aromatic heterocycles. The Balaban J connectivity index is 1.81. The molecule has 0 spiro atoms. The highest BCUT2D eigenvalue weighted by atomic mass is 35.5. The lowest BCUT2D eigenvalue weighted by atomic mass is 9.90. The van der Waals surface area contributed by atoms with E-state index in [0.717, 1.165) is 16.9 Å². The Morgan fingerprint density at radius 2 is 1.72 bits per heavy atom. The van der Waals surface area contributed by atoms with Crippen LogP contribution in [0, 0.1) is 0 Å². The van der Waals surface area contributed by atoms with Crippen molar-refractivity contribution >= 4 is 11.6 Å². The summed E-state index contributed by atoms with van der Waals surface area (Å²) in [5.74, 6) is 0.784. The zero-order chi connectivity index (χ0) is 21.1. The molecule has 3 N–H and O–H groups in total. The zero-order valence-corrected chi connectivity index (χ0v) is 17.1. The first kappa shape index (κ1) is 22.0. The van der Waals surface area contributed by atoms with E-state index in [2.05, 4.69) is 0 Å². The van der Waals surface area contributed by atoms with Crippen LogP contribution >= 0.6 is 11.6 Å². The Bertz CT molecular complexity index is 811. The van der Waals surface area contributed by atoms with Crippen molar-refractivity contribution in [2.45, 2.75) is 56.9 Å². The molecule has 158 valence electrons. The van der Waals surface area contributed by atoms with Crippen molar-refractivity contribution in [2.24, 2.45) is 0 Å². The van der Waals surface area contributed by atoms with Crippen LogP contribution in [-0.4, -0.2) is 52.5 Å². The van der Waals surface area contributed by atoms with Crippen LogP contribution in [0.1, 0.15) is 36.6 Å². The predicted octanol–water partition coefficient (Wildman–Crippen LogP) is 3.21. The summed E-state index contributed by atoms with van der Waals surface area (Å²) in [5.41, 5.74) is 2.37. The average molecular weight is 425 g/mol. The van der Waals surface area contributed by atoms with Gasteiger partial charge >= 0.3 is 0 Å².